The summed E-state index contributed by atoms with van der Waals surface area (Å²) in [7, 11) is 0. The Morgan fingerprint density at radius 2 is 2.38 bits per heavy atom. The first-order chi connectivity index (χ1) is 6.33. The van der Waals surface area contributed by atoms with Crippen molar-refractivity contribution in [2.75, 3.05) is 13.2 Å². The van der Waals surface area contributed by atoms with E-state index in [0.717, 1.165) is 19.4 Å². The van der Waals surface area contributed by atoms with Gasteiger partial charge in [0.15, 0.2) is 0 Å². The van der Waals surface area contributed by atoms with Crippen LogP contribution < -0.4 is 5.32 Å². The average Bonchev–Trinajstić information content (AvgIpc) is 2.07. The number of fused-ring (bicyclic) bond motifs is 1. The van der Waals surface area contributed by atoms with Crippen molar-refractivity contribution in [3.05, 3.63) is 0 Å². The van der Waals surface area contributed by atoms with Crippen molar-refractivity contribution in [1.82, 2.24) is 5.32 Å². The van der Waals surface area contributed by atoms with Crippen LogP contribution in [0.5, 0.6) is 0 Å². The third-order valence-electron chi connectivity index (χ3n) is 3.27. The predicted molar refractivity (Wildman–Crippen MR) is 49.3 cm³/mol. The minimum atomic E-state index is 0.0266. The molecule has 1 saturated carbocycles. The maximum atomic E-state index is 11.5. The molecule has 1 N–H and O–H groups in total. The number of hydrogen-bond donors (Lipinski definition) is 1. The predicted octanol–water partition coefficient (Wildman–Crippen LogP) is 0.938. The maximum absolute atomic E-state index is 11.5. The number of hydrogen-bond acceptors (Lipinski definition) is 3. The molecule has 0 aromatic rings. The number of nitrogens with one attached hydrogen (secondary N) is 1. The Balaban J connectivity index is 1.93. The molecule has 1 heterocycles. The number of carbonyl (C=O) groups excluding carboxylic acids is 1. The highest BCUT2D eigenvalue weighted by atomic mass is 16.5. The van der Waals surface area contributed by atoms with E-state index in [-0.39, 0.29) is 11.9 Å². The standard InChI is InChI=1S/C10H17NO2/c1-2-13-10(12)7-4-3-5-9-8(7)6-11-9/h7-9,11H,2-6H2,1H3. The smallest absolute Gasteiger partial charge is 0.309 e. The van der Waals surface area contributed by atoms with Crippen LogP contribution in [0, 0.1) is 11.8 Å². The van der Waals surface area contributed by atoms with Crippen LogP contribution in [0.25, 0.3) is 0 Å². The van der Waals surface area contributed by atoms with E-state index in [0.29, 0.717) is 18.6 Å². The number of rotatable bonds is 2. The summed E-state index contributed by atoms with van der Waals surface area (Å²) < 4.78 is 5.07. The van der Waals surface area contributed by atoms with Crippen molar-refractivity contribution < 1.29 is 9.53 Å². The summed E-state index contributed by atoms with van der Waals surface area (Å²) in [5.41, 5.74) is 0. The molecule has 13 heavy (non-hydrogen) atoms. The molecule has 3 unspecified atom stereocenters. The van der Waals surface area contributed by atoms with E-state index in [1.54, 1.807) is 0 Å². The van der Waals surface area contributed by atoms with Gasteiger partial charge >= 0.3 is 5.97 Å². The SMILES string of the molecule is CCOC(=O)C1CCCC2NCC21. The summed E-state index contributed by atoms with van der Waals surface area (Å²) in [6.07, 6.45) is 3.43. The molecule has 0 radical (unpaired) electrons. The molecule has 3 nitrogen and oxygen atoms in total. The minimum absolute atomic E-state index is 0.0266. The Morgan fingerprint density at radius 1 is 1.54 bits per heavy atom. The van der Waals surface area contributed by atoms with E-state index < -0.39 is 0 Å². The molecular formula is C10H17NO2. The van der Waals surface area contributed by atoms with Gasteiger partial charge in [-0.05, 0) is 25.7 Å². The molecule has 74 valence electrons. The molecule has 2 aliphatic rings. The van der Waals surface area contributed by atoms with E-state index in [2.05, 4.69) is 5.32 Å². The summed E-state index contributed by atoms with van der Waals surface area (Å²) in [6.45, 7) is 3.39. The first-order valence-electron chi connectivity index (χ1n) is 5.23. The highest BCUT2D eigenvalue weighted by Gasteiger charge is 2.43. The highest BCUT2D eigenvalue weighted by Crippen LogP contribution is 2.35. The Kier molecular flexibility index (Phi) is 2.54. The van der Waals surface area contributed by atoms with E-state index in [1.165, 1.54) is 6.42 Å². The molecule has 0 bridgehead atoms. The summed E-state index contributed by atoms with van der Waals surface area (Å²) in [5, 5.41) is 3.37. The fourth-order valence-electron chi connectivity index (χ4n) is 2.47. The van der Waals surface area contributed by atoms with E-state index >= 15 is 0 Å². The molecule has 3 heteroatoms. The van der Waals surface area contributed by atoms with E-state index in [4.69, 9.17) is 4.74 Å². The zero-order valence-electron chi connectivity index (χ0n) is 8.08. The minimum Gasteiger partial charge on any atom is -0.466 e. The zero-order chi connectivity index (χ0) is 9.26. The monoisotopic (exact) mass is 183 g/mol. The molecular weight excluding hydrogens is 166 g/mol. The van der Waals surface area contributed by atoms with Crippen LogP contribution in [-0.2, 0) is 9.53 Å². The van der Waals surface area contributed by atoms with Crippen molar-refractivity contribution in [2.45, 2.75) is 32.2 Å². The van der Waals surface area contributed by atoms with Crippen molar-refractivity contribution in [3.63, 3.8) is 0 Å². The lowest BCUT2D eigenvalue weighted by Gasteiger charge is -2.45. The van der Waals surface area contributed by atoms with Crippen LogP contribution in [0.2, 0.25) is 0 Å². The highest BCUT2D eigenvalue weighted by molar-refractivity contribution is 5.73. The van der Waals surface area contributed by atoms with Gasteiger partial charge in [-0.25, -0.2) is 0 Å². The topological polar surface area (TPSA) is 38.3 Å². The van der Waals surface area contributed by atoms with Crippen LogP contribution >= 0.6 is 0 Å². The molecule has 2 rings (SSSR count). The lowest BCUT2D eigenvalue weighted by Crippen LogP contribution is -2.59. The Hall–Kier alpha value is -0.570. The zero-order valence-corrected chi connectivity index (χ0v) is 8.08. The van der Waals surface area contributed by atoms with Crippen molar-refractivity contribution in [3.8, 4) is 0 Å². The molecule has 0 spiro atoms. The molecule has 1 aliphatic heterocycles. The van der Waals surface area contributed by atoms with Crippen LogP contribution in [-0.4, -0.2) is 25.2 Å². The summed E-state index contributed by atoms with van der Waals surface area (Å²) in [5.74, 6) is 0.770. The van der Waals surface area contributed by atoms with Gasteiger partial charge < -0.3 is 10.1 Å². The Morgan fingerprint density at radius 3 is 3.00 bits per heavy atom. The third-order valence-corrected chi connectivity index (χ3v) is 3.27. The van der Waals surface area contributed by atoms with E-state index in [9.17, 15) is 4.79 Å². The molecule has 0 amide bonds. The first kappa shape index (κ1) is 9.00. The average molecular weight is 183 g/mol. The normalized spacial score (nSPS) is 37.5. The quantitative estimate of drug-likeness (QED) is 0.647. The number of carbonyl (C=O) groups is 1. The van der Waals surface area contributed by atoms with Crippen LogP contribution in [0.4, 0.5) is 0 Å². The van der Waals surface area contributed by atoms with Crippen molar-refractivity contribution in [1.29, 1.82) is 0 Å². The molecule has 3 atom stereocenters. The van der Waals surface area contributed by atoms with Gasteiger partial charge in [-0.1, -0.05) is 6.42 Å². The second kappa shape index (κ2) is 3.66. The van der Waals surface area contributed by atoms with E-state index in [1.807, 2.05) is 6.92 Å². The Labute approximate surface area is 78.8 Å². The summed E-state index contributed by atoms with van der Waals surface area (Å²) in [6, 6.07) is 0.600. The van der Waals surface area contributed by atoms with Crippen molar-refractivity contribution >= 4 is 5.97 Å². The molecule has 0 aromatic carbocycles. The van der Waals surface area contributed by atoms with Crippen LogP contribution in [0.3, 0.4) is 0 Å². The van der Waals surface area contributed by atoms with Crippen LogP contribution in [0.1, 0.15) is 26.2 Å². The second-order valence-corrected chi connectivity index (χ2v) is 3.97. The van der Waals surface area contributed by atoms with Gasteiger partial charge in [0.05, 0.1) is 12.5 Å². The second-order valence-electron chi connectivity index (χ2n) is 3.97. The van der Waals surface area contributed by atoms with Gasteiger partial charge in [0.25, 0.3) is 0 Å². The summed E-state index contributed by atoms with van der Waals surface area (Å²) in [4.78, 5) is 11.5. The van der Waals surface area contributed by atoms with Gasteiger partial charge in [-0.2, -0.15) is 0 Å². The molecule has 1 aliphatic carbocycles. The number of esters is 1. The van der Waals surface area contributed by atoms with Gasteiger partial charge in [-0.15, -0.1) is 0 Å². The molecule has 2 fully saturated rings. The van der Waals surface area contributed by atoms with Crippen molar-refractivity contribution in [2.24, 2.45) is 11.8 Å². The summed E-state index contributed by atoms with van der Waals surface area (Å²) >= 11 is 0. The fourth-order valence-corrected chi connectivity index (χ4v) is 2.47. The lowest BCUT2D eigenvalue weighted by molar-refractivity contribution is -0.153. The lowest BCUT2D eigenvalue weighted by atomic mass is 9.71. The maximum Gasteiger partial charge on any atom is 0.309 e. The number of ether oxygens (including phenoxy) is 1. The largest absolute Gasteiger partial charge is 0.466 e. The first-order valence-corrected chi connectivity index (χ1v) is 5.23. The van der Waals surface area contributed by atoms with Crippen LogP contribution in [0.15, 0.2) is 0 Å². The van der Waals surface area contributed by atoms with Gasteiger partial charge in [0.2, 0.25) is 0 Å². The fraction of sp³-hybridized carbons (Fsp3) is 0.900. The third kappa shape index (κ3) is 1.57. The van der Waals surface area contributed by atoms with Gasteiger partial charge in [0.1, 0.15) is 0 Å². The van der Waals surface area contributed by atoms with Gasteiger partial charge in [-0.3, -0.25) is 4.79 Å². The Bertz CT molecular complexity index is 205. The molecule has 0 aromatic heterocycles. The molecule has 1 saturated heterocycles. The van der Waals surface area contributed by atoms with Gasteiger partial charge in [0, 0.05) is 12.6 Å².